The third-order valence-electron chi connectivity index (χ3n) is 10.00. The molecule has 48 heavy (non-hydrogen) atoms. The zero-order chi connectivity index (χ0) is 32.9. The topological polar surface area (TPSA) is 23.6 Å². The predicted molar refractivity (Wildman–Crippen MR) is 206 cm³/mol. The first-order chi connectivity index (χ1) is 23.7. The lowest BCUT2D eigenvalue weighted by molar-refractivity contribution is 0.251. The van der Waals surface area contributed by atoms with Crippen molar-refractivity contribution >= 4 is 39.0 Å². The van der Waals surface area contributed by atoms with Crippen molar-refractivity contribution in [3.63, 3.8) is 0 Å². The number of rotatable bonds is 12. The minimum Gasteiger partial charge on any atom is -0.293 e. The first kappa shape index (κ1) is 31.7. The summed E-state index contributed by atoms with van der Waals surface area (Å²) in [5.41, 5.74) is 9.02. The summed E-state index contributed by atoms with van der Waals surface area (Å²) in [6.45, 7) is 5.91. The summed E-state index contributed by atoms with van der Waals surface area (Å²) in [4.78, 5) is 18.9. The van der Waals surface area contributed by atoms with Gasteiger partial charge in [0.05, 0.1) is 11.4 Å². The normalized spacial score (nSPS) is 12.8. The summed E-state index contributed by atoms with van der Waals surface area (Å²) in [6.07, 6.45) is 8.94. The summed E-state index contributed by atoms with van der Waals surface area (Å²) in [5, 5.41) is 4.94. The number of carbonyl (C=O) groups is 1. The van der Waals surface area contributed by atoms with E-state index in [4.69, 9.17) is 0 Å². The van der Waals surface area contributed by atoms with Crippen LogP contribution in [0.4, 0.5) is 16.2 Å². The van der Waals surface area contributed by atoms with Crippen LogP contribution < -0.4 is 9.80 Å². The lowest BCUT2D eigenvalue weighted by atomic mass is 9.91. The molecule has 0 aliphatic carbocycles. The number of amides is 2. The Morgan fingerprint density at radius 1 is 0.438 bits per heavy atom. The summed E-state index contributed by atoms with van der Waals surface area (Å²) in [6, 6.07) is 44.0. The van der Waals surface area contributed by atoms with E-state index in [-0.39, 0.29) is 6.03 Å². The highest BCUT2D eigenvalue weighted by molar-refractivity contribution is 6.13. The van der Waals surface area contributed by atoms with E-state index in [9.17, 15) is 4.79 Å². The molecule has 2 amide bonds. The Morgan fingerprint density at radius 2 is 0.875 bits per heavy atom. The van der Waals surface area contributed by atoms with E-state index >= 15 is 0 Å². The molecule has 0 aromatic heterocycles. The highest BCUT2D eigenvalue weighted by Gasteiger charge is 2.32. The fourth-order valence-electron chi connectivity index (χ4n) is 7.44. The van der Waals surface area contributed by atoms with Gasteiger partial charge in [-0.05, 0) is 80.9 Å². The number of benzene rings is 6. The molecule has 7 rings (SSSR count). The minimum atomic E-state index is 0.0961. The number of unbranched alkanes of at least 4 members (excludes halogenated alkanes) is 6. The molecular weight excluding hydrogens is 585 g/mol. The summed E-state index contributed by atoms with van der Waals surface area (Å²) >= 11 is 0. The lowest BCUT2D eigenvalue weighted by Gasteiger charge is -2.29. The van der Waals surface area contributed by atoms with Crippen LogP contribution >= 0.6 is 0 Å². The molecule has 3 heteroatoms. The standard InChI is InChI=1S/C45H46N2O/c1-3-5-7-13-29-46-43-27-25-35(39-23-15-19-33-17-9-11-21-37(33)39)31-41(43)42-32-36(40-24-16-20-34-18-10-12-22-38(34)40)26-28-44(42)47(45(46)48)30-14-8-6-4-2/h9-12,15-28,31-32H,3-8,13-14,29-30H2,1-2H3. The van der Waals surface area contributed by atoms with Gasteiger partial charge < -0.3 is 0 Å². The fourth-order valence-corrected chi connectivity index (χ4v) is 7.44. The average Bonchev–Trinajstić information content (AvgIpc) is 3.23. The molecule has 6 aromatic rings. The van der Waals surface area contributed by atoms with Crippen molar-refractivity contribution in [1.82, 2.24) is 0 Å². The van der Waals surface area contributed by atoms with Crippen LogP contribution in [0, 0.1) is 0 Å². The number of nitrogens with zero attached hydrogens (tertiary/aromatic N) is 2. The van der Waals surface area contributed by atoms with Crippen molar-refractivity contribution < 1.29 is 4.79 Å². The van der Waals surface area contributed by atoms with Gasteiger partial charge in [0.15, 0.2) is 0 Å². The number of hydrogen-bond acceptors (Lipinski definition) is 1. The van der Waals surface area contributed by atoms with Gasteiger partial charge in [-0.2, -0.15) is 0 Å². The maximum Gasteiger partial charge on any atom is 0.328 e. The zero-order valence-electron chi connectivity index (χ0n) is 28.4. The maximum absolute atomic E-state index is 14.7. The van der Waals surface area contributed by atoms with Crippen molar-refractivity contribution in [3.05, 3.63) is 121 Å². The second kappa shape index (κ2) is 14.5. The minimum absolute atomic E-state index is 0.0961. The molecule has 0 fully saturated rings. The van der Waals surface area contributed by atoms with Crippen molar-refractivity contribution in [1.29, 1.82) is 0 Å². The Balaban J connectivity index is 1.44. The molecule has 1 aliphatic heterocycles. The number of anilines is 2. The first-order valence-corrected chi connectivity index (χ1v) is 18.0. The van der Waals surface area contributed by atoms with Crippen molar-refractivity contribution in [2.45, 2.75) is 65.2 Å². The Hall–Kier alpha value is -4.89. The fraction of sp³-hybridized carbons (Fsp3) is 0.267. The van der Waals surface area contributed by atoms with Crippen LogP contribution in [-0.4, -0.2) is 19.1 Å². The quantitative estimate of drug-likeness (QED) is 0.123. The number of urea groups is 1. The number of fused-ring (bicyclic) bond motifs is 5. The Kier molecular flexibility index (Phi) is 9.56. The maximum atomic E-state index is 14.7. The molecule has 6 aromatic carbocycles. The summed E-state index contributed by atoms with van der Waals surface area (Å²) in [7, 11) is 0. The summed E-state index contributed by atoms with van der Waals surface area (Å²) in [5.74, 6) is 0. The highest BCUT2D eigenvalue weighted by Crippen LogP contribution is 2.46. The van der Waals surface area contributed by atoms with Gasteiger partial charge in [-0.15, -0.1) is 0 Å². The van der Waals surface area contributed by atoms with E-state index in [0.29, 0.717) is 0 Å². The van der Waals surface area contributed by atoms with Gasteiger partial charge in [-0.1, -0.05) is 149 Å². The molecule has 0 saturated heterocycles. The molecule has 0 N–H and O–H groups in total. The van der Waals surface area contributed by atoms with Crippen LogP contribution in [-0.2, 0) is 0 Å². The molecule has 0 spiro atoms. The second-order valence-electron chi connectivity index (χ2n) is 13.2. The van der Waals surface area contributed by atoms with Gasteiger partial charge in [-0.3, -0.25) is 9.80 Å². The van der Waals surface area contributed by atoms with Gasteiger partial charge in [0.2, 0.25) is 0 Å². The third kappa shape index (κ3) is 6.22. The van der Waals surface area contributed by atoms with Crippen LogP contribution in [0.1, 0.15) is 65.2 Å². The monoisotopic (exact) mass is 630 g/mol. The number of carbonyl (C=O) groups excluding carboxylic acids is 1. The average molecular weight is 631 g/mol. The van der Waals surface area contributed by atoms with Crippen LogP contribution in [0.15, 0.2) is 121 Å². The summed E-state index contributed by atoms with van der Waals surface area (Å²) < 4.78 is 0. The van der Waals surface area contributed by atoms with E-state index in [2.05, 4.69) is 145 Å². The predicted octanol–water partition coefficient (Wildman–Crippen LogP) is 12.9. The SMILES string of the molecule is CCCCCCN1C(=O)N(CCCCCC)c2ccc(-c3cccc4ccccc34)cc2-c2cc(-c3cccc4ccccc34)ccc21. The second-order valence-corrected chi connectivity index (χ2v) is 13.2. The largest absolute Gasteiger partial charge is 0.328 e. The van der Waals surface area contributed by atoms with Crippen molar-refractivity contribution in [2.24, 2.45) is 0 Å². The van der Waals surface area contributed by atoms with E-state index in [1.54, 1.807) is 0 Å². The van der Waals surface area contributed by atoms with E-state index in [1.165, 1.54) is 69.5 Å². The highest BCUT2D eigenvalue weighted by atomic mass is 16.2. The van der Waals surface area contributed by atoms with Crippen LogP contribution in [0.25, 0.3) is 54.9 Å². The molecule has 3 nitrogen and oxygen atoms in total. The van der Waals surface area contributed by atoms with Gasteiger partial charge in [-0.25, -0.2) is 4.79 Å². The van der Waals surface area contributed by atoms with Gasteiger partial charge in [0, 0.05) is 24.2 Å². The number of hydrogen-bond donors (Lipinski definition) is 0. The third-order valence-corrected chi connectivity index (χ3v) is 10.00. The van der Waals surface area contributed by atoms with Crippen molar-refractivity contribution in [3.8, 4) is 33.4 Å². The lowest BCUT2D eigenvalue weighted by Crippen LogP contribution is -2.44. The van der Waals surface area contributed by atoms with Crippen LogP contribution in [0.5, 0.6) is 0 Å². The smallest absolute Gasteiger partial charge is 0.293 e. The van der Waals surface area contributed by atoms with Gasteiger partial charge in [0.1, 0.15) is 0 Å². The van der Waals surface area contributed by atoms with Crippen molar-refractivity contribution in [2.75, 3.05) is 22.9 Å². The molecule has 242 valence electrons. The van der Waals surface area contributed by atoms with Crippen LogP contribution in [0.3, 0.4) is 0 Å². The zero-order valence-corrected chi connectivity index (χ0v) is 28.4. The molecule has 0 bridgehead atoms. The van der Waals surface area contributed by atoms with E-state index in [1.807, 2.05) is 0 Å². The Morgan fingerprint density at radius 3 is 1.33 bits per heavy atom. The van der Waals surface area contributed by atoms with Gasteiger partial charge >= 0.3 is 6.03 Å². The van der Waals surface area contributed by atoms with E-state index in [0.717, 1.165) is 61.3 Å². The molecule has 1 aliphatic rings. The van der Waals surface area contributed by atoms with Crippen LogP contribution in [0.2, 0.25) is 0 Å². The van der Waals surface area contributed by atoms with Gasteiger partial charge in [0.25, 0.3) is 0 Å². The molecule has 0 saturated carbocycles. The molecular formula is C45H46N2O. The molecule has 0 unspecified atom stereocenters. The molecule has 0 atom stereocenters. The first-order valence-electron chi connectivity index (χ1n) is 18.0. The molecule has 1 heterocycles. The molecule has 0 radical (unpaired) electrons. The van der Waals surface area contributed by atoms with E-state index < -0.39 is 0 Å². The Bertz CT molecular complexity index is 1900. The Labute approximate surface area is 285 Å².